The number of alkyl carbamates (subject to hydrolysis) is 1. The van der Waals surface area contributed by atoms with Crippen LogP contribution < -0.4 is 5.32 Å². The van der Waals surface area contributed by atoms with Gasteiger partial charge in [-0.2, -0.15) is 0 Å². The molecule has 0 aromatic rings. The van der Waals surface area contributed by atoms with E-state index in [1.54, 1.807) is 0 Å². The number of rotatable bonds is 2. The number of amides is 1. The van der Waals surface area contributed by atoms with Crippen molar-refractivity contribution in [3.05, 3.63) is 35.1 Å². The van der Waals surface area contributed by atoms with E-state index in [4.69, 9.17) is 9.47 Å². The molecule has 1 aliphatic heterocycles. The predicted octanol–water partition coefficient (Wildman–Crippen LogP) is -0.669. The molecule has 4 N–H and O–H groups in total. The van der Waals surface area contributed by atoms with E-state index in [0.29, 0.717) is 0 Å². The molecule has 0 aromatic carbocycles. The van der Waals surface area contributed by atoms with E-state index in [9.17, 15) is 20.1 Å². The second-order valence-electron chi connectivity index (χ2n) is 5.99. The summed E-state index contributed by atoms with van der Waals surface area (Å²) in [5.41, 5.74) is -1.59. The lowest BCUT2D eigenvalue weighted by atomic mass is 9.73. The monoisotopic (exact) mass is 373 g/mol. The molecule has 3 rings (SSSR count). The summed E-state index contributed by atoms with van der Waals surface area (Å²) in [6.07, 6.45) is 1.76. The van der Waals surface area contributed by atoms with Gasteiger partial charge in [0, 0.05) is 11.1 Å². The maximum Gasteiger partial charge on any atom is 0.411 e. The summed E-state index contributed by atoms with van der Waals surface area (Å²) >= 11 is 0. The van der Waals surface area contributed by atoms with E-state index in [1.165, 1.54) is 25.3 Å². The molecule has 1 spiro atoms. The van der Waals surface area contributed by atoms with E-state index in [-0.39, 0.29) is 36.5 Å². The van der Waals surface area contributed by atoms with Crippen LogP contribution in [0.5, 0.6) is 0 Å². The Balaban J connectivity index is 2.32. The van der Waals surface area contributed by atoms with Gasteiger partial charge in [-0.3, -0.25) is 5.32 Å². The smallest absolute Gasteiger partial charge is 0.411 e. The van der Waals surface area contributed by atoms with Crippen molar-refractivity contribution in [2.24, 2.45) is 0 Å². The first kappa shape index (κ1) is 19.2. The van der Waals surface area contributed by atoms with Crippen LogP contribution in [0.3, 0.4) is 0 Å². The van der Waals surface area contributed by atoms with E-state index < -0.39 is 30.2 Å². The highest BCUT2D eigenvalue weighted by atomic mass is 16.7. The molecule has 8 nitrogen and oxygen atoms in total. The highest BCUT2D eigenvalue weighted by Crippen LogP contribution is 2.47. The number of fused-ring (bicyclic) bond motifs is 2. The maximum absolute atomic E-state index is 11.9. The van der Waals surface area contributed by atoms with Gasteiger partial charge in [-0.05, 0) is 12.2 Å². The van der Waals surface area contributed by atoms with Gasteiger partial charge in [0.1, 0.15) is 6.10 Å². The molecule has 1 fully saturated rings. The predicted molar refractivity (Wildman–Crippen MR) is 92.6 cm³/mol. The van der Waals surface area contributed by atoms with Gasteiger partial charge >= 0.3 is 6.09 Å². The molecular formula is C19H19NO7. The van der Waals surface area contributed by atoms with Crippen LogP contribution in [0.15, 0.2) is 35.1 Å². The lowest BCUT2D eigenvalue weighted by molar-refractivity contribution is -0.161. The molecule has 2 aliphatic carbocycles. The molecule has 1 heterocycles. The second-order valence-corrected chi connectivity index (χ2v) is 5.99. The summed E-state index contributed by atoms with van der Waals surface area (Å²) in [5, 5.41) is 34.0. The summed E-state index contributed by atoms with van der Waals surface area (Å²) in [4.78, 5) is 11.9. The maximum atomic E-state index is 11.9. The number of carbonyl (C=O) groups is 1. The average Bonchev–Trinajstić information content (AvgIpc) is 3.10. The fourth-order valence-electron chi connectivity index (χ4n) is 3.31. The van der Waals surface area contributed by atoms with E-state index in [2.05, 4.69) is 33.7 Å². The molecular weight excluding hydrogens is 354 g/mol. The fourth-order valence-corrected chi connectivity index (χ4v) is 3.31. The van der Waals surface area contributed by atoms with Crippen molar-refractivity contribution in [3.63, 3.8) is 0 Å². The number of aliphatic hydroxyl groups is 3. The molecule has 1 saturated heterocycles. The number of ether oxygens (including phenoxy) is 3. The number of nitrogens with one attached hydrogen (secondary N) is 1. The summed E-state index contributed by atoms with van der Waals surface area (Å²) in [7, 11) is 1.19. The molecule has 3 aliphatic rings. The number of hydrogen-bond donors (Lipinski definition) is 4. The average molecular weight is 373 g/mol. The van der Waals surface area contributed by atoms with Crippen LogP contribution in [0.2, 0.25) is 0 Å². The van der Waals surface area contributed by atoms with Crippen molar-refractivity contribution >= 4 is 6.09 Å². The van der Waals surface area contributed by atoms with Crippen molar-refractivity contribution in [1.29, 1.82) is 0 Å². The van der Waals surface area contributed by atoms with Gasteiger partial charge in [0.05, 0.1) is 39.0 Å². The quantitative estimate of drug-likeness (QED) is 0.474. The van der Waals surface area contributed by atoms with Crippen LogP contribution in [0, 0.1) is 23.7 Å². The topological polar surface area (TPSA) is 117 Å². The Labute approximate surface area is 156 Å². The van der Waals surface area contributed by atoms with E-state index in [0.717, 1.165) is 0 Å². The molecule has 142 valence electrons. The van der Waals surface area contributed by atoms with Gasteiger partial charge in [0.25, 0.3) is 0 Å². The standard InChI is InChI=1S/C19H19NO7/c1-25-17(23)20-16-15-13(7-9-21)18(24,12-19(16)26-10-11-27-19)8-5-3-2-4-6-14(15)22/h2-3,7,14,21-22,24H,9-12H2,1H3,(H,20,23)/b3-2-,13-7+/t14-,18-/m0/s1. The van der Waals surface area contributed by atoms with Gasteiger partial charge in [-0.25, -0.2) is 4.79 Å². The first-order valence-electron chi connectivity index (χ1n) is 8.24. The van der Waals surface area contributed by atoms with Gasteiger partial charge in [0.2, 0.25) is 5.79 Å². The summed E-state index contributed by atoms with van der Waals surface area (Å²) in [6, 6.07) is 0. The summed E-state index contributed by atoms with van der Waals surface area (Å²) in [6.45, 7) is -0.00718. The zero-order valence-electron chi connectivity index (χ0n) is 14.6. The number of hydrogen-bond acceptors (Lipinski definition) is 7. The van der Waals surface area contributed by atoms with Crippen molar-refractivity contribution < 1.29 is 34.3 Å². The molecule has 2 atom stereocenters. The zero-order valence-corrected chi connectivity index (χ0v) is 14.6. The molecule has 0 radical (unpaired) electrons. The summed E-state index contributed by atoms with van der Waals surface area (Å²) in [5.74, 6) is 9.09. The minimum atomic E-state index is -1.81. The molecule has 0 aromatic heterocycles. The molecule has 0 saturated carbocycles. The van der Waals surface area contributed by atoms with Crippen molar-refractivity contribution in [2.45, 2.75) is 23.9 Å². The van der Waals surface area contributed by atoms with Crippen molar-refractivity contribution in [2.75, 3.05) is 26.9 Å². The second kappa shape index (κ2) is 7.57. The largest absolute Gasteiger partial charge is 0.453 e. The van der Waals surface area contributed by atoms with Gasteiger partial charge in [-0.1, -0.05) is 29.8 Å². The highest BCUT2D eigenvalue weighted by Gasteiger charge is 2.56. The molecule has 27 heavy (non-hydrogen) atoms. The first-order valence-corrected chi connectivity index (χ1v) is 8.24. The molecule has 2 bridgehead atoms. The number of carbonyl (C=O) groups excluding carboxylic acids is 1. The van der Waals surface area contributed by atoms with Crippen molar-refractivity contribution in [3.8, 4) is 23.7 Å². The van der Waals surface area contributed by atoms with Crippen LogP contribution in [0.4, 0.5) is 4.79 Å². The van der Waals surface area contributed by atoms with Gasteiger partial charge in [-0.15, -0.1) is 0 Å². The van der Waals surface area contributed by atoms with Crippen LogP contribution in [0.25, 0.3) is 0 Å². The Morgan fingerprint density at radius 2 is 2.11 bits per heavy atom. The van der Waals surface area contributed by atoms with E-state index >= 15 is 0 Å². The molecule has 0 unspecified atom stereocenters. The number of allylic oxidation sites excluding steroid dienone is 2. The zero-order chi connectivity index (χ0) is 19.5. The Kier molecular flexibility index (Phi) is 5.38. The lowest BCUT2D eigenvalue weighted by Gasteiger charge is -2.44. The number of methoxy groups -OCH3 is 1. The van der Waals surface area contributed by atoms with Crippen LogP contribution in [0.1, 0.15) is 6.42 Å². The van der Waals surface area contributed by atoms with Crippen LogP contribution in [-0.4, -0.2) is 65.8 Å². The summed E-state index contributed by atoms with van der Waals surface area (Å²) < 4.78 is 16.1. The first-order chi connectivity index (χ1) is 13.0. The highest BCUT2D eigenvalue weighted by molar-refractivity contribution is 5.72. The Morgan fingerprint density at radius 1 is 1.41 bits per heavy atom. The lowest BCUT2D eigenvalue weighted by Crippen LogP contribution is -2.54. The Bertz CT molecular complexity index is 843. The minimum absolute atomic E-state index is 0.0437. The number of aliphatic hydroxyl groups excluding tert-OH is 2. The fraction of sp³-hybridized carbons (Fsp3) is 0.421. The van der Waals surface area contributed by atoms with Crippen molar-refractivity contribution in [1.82, 2.24) is 5.32 Å². The minimum Gasteiger partial charge on any atom is -0.453 e. The van der Waals surface area contributed by atoms with Crippen LogP contribution in [-0.2, 0) is 14.2 Å². The SMILES string of the molecule is COC(=O)NC1=C2/C(=C\CO)[C@](O)(C#C/C=C\C#C[C@@H]2O)CC12OCCO2. The normalized spacial score (nSPS) is 30.8. The van der Waals surface area contributed by atoms with E-state index in [1.807, 2.05) is 0 Å². The molecule has 8 heteroatoms. The molecule has 1 amide bonds. The van der Waals surface area contributed by atoms with Crippen LogP contribution >= 0.6 is 0 Å². The van der Waals surface area contributed by atoms with Gasteiger partial charge in [0.15, 0.2) is 5.60 Å². The third kappa shape index (κ3) is 3.50. The third-order valence-corrected chi connectivity index (χ3v) is 4.36. The Hall–Kier alpha value is -2.59. The Morgan fingerprint density at radius 3 is 2.78 bits per heavy atom. The third-order valence-electron chi connectivity index (χ3n) is 4.36. The van der Waals surface area contributed by atoms with Gasteiger partial charge < -0.3 is 29.5 Å².